The Morgan fingerprint density at radius 3 is 2.55 bits per heavy atom. The first-order valence-corrected chi connectivity index (χ1v) is 12.5. The molecule has 0 atom stereocenters. The van der Waals surface area contributed by atoms with Crippen molar-refractivity contribution in [2.75, 3.05) is 11.1 Å². The number of aromatic amines is 1. The van der Waals surface area contributed by atoms with E-state index in [1.165, 1.54) is 16.7 Å². The summed E-state index contributed by atoms with van der Waals surface area (Å²) in [6, 6.07) is 18.1. The molecule has 5 aromatic rings. The molecule has 0 saturated heterocycles. The molecule has 0 spiro atoms. The van der Waals surface area contributed by atoms with Crippen LogP contribution in [-0.4, -0.2) is 32.6 Å². The van der Waals surface area contributed by atoms with Crippen molar-refractivity contribution in [3.05, 3.63) is 88.2 Å². The van der Waals surface area contributed by atoms with Crippen molar-refractivity contribution in [2.24, 2.45) is 0 Å². The van der Waals surface area contributed by atoms with Gasteiger partial charge in [0.25, 0.3) is 5.56 Å². The van der Waals surface area contributed by atoms with Gasteiger partial charge in [0.2, 0.25) is 5.91 Å². The summed E-state index contributed by atoms with van der Waals surface area (Å²) in [5.41, 5.74) is 4.14. The molecule has 2 N–H and O–H groups in total. The third-order valence-corrected chi connectivity index (χ3v) is 6.74. The molecule has 1 amide bonds. The van der Waals surface area contributed by atoms with E-state index in [2.05, 4.69) is 15.0 Å². The summed E-state index contributed by atoms with van der Waals surface area (Å²) in [6.45, 7) is 3.82. The highest BCUT2D eigenvalue weighted by Gasteiger charge is 2.31. The van der Waals surface area contributed by atoms with Crippen molar-refractivity contribution in [1.82, 2.24) is 14.5 Å². The second kappa shape index (κ2) is 9.90. The monoisotopic (exact) mass is 538 g/mol. The number of nitrogens with zero attached hydrogens (tertiary/aromatic N) is 2. The smallest absolute Gasteiger partial charge is 0.406 e. The summed E-state index contributed by atoms with van der Waals surface area (Å²) < 4.78 is 42.5. The third kappa shape index (κ3) is 5.23. The molecular weight excluding hydrogens is 517 g/mol. The van der Waals surface area contributed by atoms with E-state index in [0.29, 0.717) is 27.6 Å². The van der Waals surface area contributed by atoms with E-state index < -0.39 is 18.0 Å². The molecule has 3 aromatic carbocycles. The van der Waals surface area contributed by atoms with Gasteiger partial charge in [0.05, 0.1) is 11.4 Å². The number of nitrogens with one attached hydrogen (secondary N) is 2. The topological polar surface area (TPSA) is 89.0 Å². The van der Waals surface area contributed by atoms with Crippen molar-refractivity contribution in [1.29, 1.82) is 0 Å². The maximum atomic E-state index is 13.7. The molecular formula is C27H21F3N4O3S. The van der Waals surface area contributed by atoms with Gasteiger partial charge in [0, 0.05) is 16.6 Å². The zero-order valence-electron chi connectivity index (χ0n) is 20.2. The number of ether oxygens (including phenoxy) is 1. The fourth-order valence-electron chi connectivity index (χ4n) is 4.08. The number of amides is 1. The predicted molar refractivity (Wildman–Crippen MR) is 141 cm³/mol. The van der Waals surface area contributed by atoms with Crippen molar-refractivity contribution < 1.29 is 22.7 Å². The van der Waals surface area contributed by atoms with Crippen LogP contribution in [-0.2, 0) is 4.79 Å². The average molecular weight is 539 g/mol. The van der Waals surface area contributed by atoms with Crippen LogP contribution in [0.1, 0.15) is 11.1 Å². The molecule has 0 aliphatic rings. The van der Waals surface area contributed by atoms with E-state index in [0.717, 1.165) is 45.9 Å². The second-order valence-electron chi connectivity index (χ2n) is 8.63. The maximum Gasteiger partial charge on any atom is 0.573 e. The highest BCUT2D eigenvalue weighted by molar-refractivity contribution is 7.99. The Hall–Kier alpha value is -4.25. The number of halogens is 3. The molecule has 0 aliphatic heterocycles. The van der Waals surface area contributed by atoms with Crippen molar-refractivity contribution in [2.45, 2.75) is 25.4 Å². The zero-order valence-corrected chi connectivity index (χ0v) is 21.0. The number of aromatic nitrogens is 3. The minimum absolute atomic E-state index is 0.0913. The van der Waals surface area contributed by atoms with E-state index in [1.54, 1.807) is 0 Å². The van der Waals surface area contributed by atoms with E-state index >= 15 is 0 Å². The van der Waals surface area contributed by atoms with Crippen molar-refractivity contribution in [3.63, 3.8) is 0 Å². The number of fused-ring (bicyclic) bond motifs is 3. The van der Waals surface area contributed by atoms with Crippen LogP contribution in [0.3, 0.4) is 0 Å². The number of anilines is 1. The summed E-state index contributed by atoms with van der Waals surface area (Å²) in [7, 11) is 0. The van der Waals surface area contributed by atoms with Crippen LogP contribution in [0.2, 0.25) is 0 Å². The first-order valence-electron chi connectivity index (χ1n) is 11.5. The number of rotatable bonds is 6. The lowest BCUT2D eigenvalue weighted by Gasteiger charge is -2.15. The Bertz CT molecular complexity index is 1730. The number of para-hydroxylation sites is 1. The van der Waals surface area contributed by atoms with E-state index in [1.807, 2.05) is 56.3 Å². The maximum absolute atomic E-state index is 13.7. The van der Waals surface area contributed by atoms with E-state index in [4.69, 9.17) is 4.98 Å². The summed E-state index contributed by atoms with van der Waals surface area (Å²) >= 11 is 1.09. The number of H-pyrrole nitrogens is 1. The van der Waals surface area contributed by atoms with Gasteiger partial charge in [-0.3, -0.25) is 14.2 Å². The standard InChI is InChI=1S/C27H21F3N4O3S/c1-15-7-8-16(2)21(13-15)34-25(36)24-23(19-5-3-4-6-20(19)32-24)33-26(34)38-14-22(35)31-17-9-11-18(12-10-17)37-27(28,29)30/h3-13,32H,14H2,1-2H3,(H,31,35). The van der Waals surface area contributed by atoms with Crippen LogP contribution >= 0.6 is 11.8 Å². The number of hydrogen-bond donors (Lipinski definition) is 2. The normalized spacial score (nSPS) is 11.7. The summed E-state index contributed by atoms with van der Waals surface area (Å²) in [4.78, 5) is 34.4. The minimum Gasteiger partial charge on any atom is -0.406 e. The number of hydrogen-bond acceptors (Lipinski definition) is 5. The molecule has 0 fully saturated rings. The zero-order chi connectivity index (χ0) is 27.0. The highest BCUT2D eigenvalue weighted by Crippen LogP contribution is 2.28. The molecule has 0 aliphatic carbocycles. The molecule has 11 heteroatoms. The summed E-state index contributed by atoms with van der Waals surface area (Å²) in [5, 5.41) is 3.77. The Labute approximate surface area is 218 Å². The number of aryl methyl sites for hydroxylation is 2. The quantitative estimate of drug-likeness (QED) is 0.201. The number of benzene rings is 3. The predicted octanol–water partition coefficient (Wildman–Crippen LogP) is 6.11. The molecule has 0 unspecified atom stereocenters. The van der Waals surface area contributed by atoms with Crippen LogP contribution in [0, 0.1) is 13.8 Å². The van der Waals surface area contributed by atoms with Gasteiger partial charge in [0.15, 0.2) is 5.16 Å². The molecule has 2 aromatic heterocycles. The van der Waals surface area contributed by atoms with Gasteiger partial charge in [-0.15, -0.1) is 13.2 Å². The van der Waals surface area contributed by atoms with E-state index in [-0.39, 0.29) is 11.3 Å². The van der Waals surface area contributed by atoms with E-state index in [9.17, 15) is 22.8 Å². The lowest BCUT2D eigenvalue weighted by molar-refractivity contribution is -0.274. The van der Waals surface area contributed by atoms with Gasteiger partial charge in [0.1, 0.15) is 16.8 Å². The van der Waals surface area contributed by atoms with Gasteiger partial charge in [-0.05, 0) is 61.4 Å². The van der Waals surface area contributed by atoms with Crippen molar-refractivity contribution in [3.8, 4) is 11.4 Å². The lowest BCUT2D eigenvalue weighted by Crippen LogP contribution is -2.23. The summed E-state index contributed by atoms with van der Waals surface area (Å²) in [6.07, 6.45) is -4.80. The Kier molecular flexibility index (Phi) is 6.62. The molecule has 38 heavy (non-hydrogen) atoms. The number of alkyl halides is 3. The fourth-order valence-corrected chi connectivity index (χ4v) is 4.88. The van der Waals surface area contributed by atoms with Gasteiger partial charge >= 0.3 is 6.36 Å². The fraction of sp³-hybridized carbons (Fsp3) is 0.148. The number of thioether (sulfide) groups is 1. The van der Waals surface area contributed by atoms with Gasteiger partial charge < -0.3 is 15.0 Å². The Morgan fingerprint density at radius 1 is 1.08 bits per heavy atom. The molecule has 0 saturated carbocycles. The SMILES string of the molecule is Cc1ccc(C)c(-n2c(SCC(=O)Nc3ccc(OC(F)(F)F)cc3)nc3c([nH]c4ccccc43)c2=O)c1. The number of carbonyl (C=O) groups excluding carboxylic acids is 1. The van der Waals surface area contributed by atoms with Crippen LogP contribution in [0.5, 0.6) is 5.75 Å². The molecule has 5 rings (SSSR count). The van der Waals surface area contributed by atoms with Crippen molar-refractivity contribution >= 4 is 45.3 Å². The summed E-state index contributed by atoms with van der Waals surface area (Å²) in [5.74, 6) is -0.898. The third-order valence-electron chi connectivity index (χ3n) is 5.80. The molecule has 0 radical (unpaired) electrons. The Balaban J connectivity index is 1.47. The first kappa shape index (κ1) is 25.4. The molecule has 194 valence electrons. The Morgan fingerprint density at radius 2 is 1.82 bits per heavy atom. The second-order valence-corrected chi connectivity index (χ2v) is 9.57. The lowest BCUT2D eigenvalue weighted by atomic mass is 10.1. The van der Waals surface area contributed by atoms with Crippen LogP contribution in [0.4, 0.5) is 18.9 Å². The van der Waals surface area contributed by atoms with Gasteiger partial charge in [-0.25, -0.2) is 4.98 Å². The average Bonchev–Trinajstić information content (AvgIpc) is 3.24. The molecule has 2 heterocycles. The highest BCUT2D eigenvalue weighted by atomic mass is 32.2. The minimum atomic E-state index is -4.80. The van der Waals surface area contributed by atoms with Gasteiger partial charge in [-0.2, -0.15) is 0 Å². The van der Waals surface area contributed by atoms with Crippen LogP contribution < -0.4 is 15.6 Å². The van der Waals surface area contributed by atoms with Crippen LogP contribution in [0.25, 0.3) is 27.6 Å². The largest absolute Gasteiger partial charge is 0.573 e. The molecule has 0 bridgehead atoms. The van der Waals surface area contributed by atoms with Gasteiger partial charge in [-0.1, -0.05) is 42.1 Å². The number of carbonyl (C=O) groups is 1. The first-order chi connectivity index (χ1) is 18.1. The molecule has 7 nitrogen and oxygen atoms in total. The van der Waals surface area contributed by atoms with Crippen LogP contribution in [0.15, 0.2) is 76.7 Å².